The van der Waals surface area contributed by atoms with Gasteiger partial charge >= 0.3 is 5.69 Å². The molecule has 3 N–H and O–H groups in total. The highest BCUT2D eigenvalue weighted by atomic mass is 16.2. The number of nitrogens with one attached hydrogen (secondary N) is 3. The van der Waals surface area contributed by atoms with Gasteiger partial charge in [-0.25, -0.2) is 4.79 Å². The van der Waals surface area contributed by atoms with E-state index in [1.165, 1.54) is 0 Å². The van der Waals surface area contributed by atoms with Crippen molar-refractivity contribution in [3.8, 4) is 0 Å². The van der Waals surface area contributed by atoms with Gasteiger partial charge in [0, 0.05) is 18.4 Å². The van der Waals surface area contributed by atoms with Crippen LogP contribution in [0, 0.1) is 6.92 Å². The van der Waals surface area contributed by atoms with E-state index in [0.29, 0.717) is 11.1 Å². The van der Waals surface area contributed by atoms with Crippen LogP contribution in [0.5, 0.6) is 0 Å². The Morgan fingerprint density at radius 2 is 1.69 bits per heavy atom. The number of Topliss-reactive ketones (excluding diaryl/α,β-unsaturated/α-hetero) is 1. The number of aryl methyl sites for hydroxylation is 1. The van der Waals surface area contributed by atoms with Gasteiger partial charge in [0.2, 0.25) is 5.91 Å². The van der Waals surface area contributed by atoms with Crippen molar-refractivity contribution < 1.29 is 9.59 Å². The number of ketones is 1. The first kappa shape index (κ1) is 17.7. The van der Waals surface area contributed by atoms with Crippen LogP contribution in [0.1, 0.15) is 47.3 Å². The normalized spacial score (nSPS) is 12.1. The molecule has 2 aromatic carbocycles. The minimum absolute atomic E-state index is 0.0425. The Kier molecular flexibility index (Phi) is 5.02. The standard InChI is InChI=1S/C20H21N3O3/c1-12-3-5-14(6-4-12)18(24)9-10-19(25)21-13(2)15-7-8-16-17(11-15)23-20(26)22-16/h3-8,11,13H,9-10H2,1-2H3,(H,21,25)(H2,22,23,26). The van der Waals surface area contributed by atoms with Gasteiger partial charge in [0.05, 0.1) is 17.1 Å². The Morgan fingerprint density at radius 1 is 1.00 bits per heavy atom. The van der Waals surface area contributed by atoms with Crippen LogP contribution in [-0.2, 0) is 4.79 Å². The number of carbonyl (C=O) groups excluding carboxylic acids is 2. The predicted octanol–water partition coefficient (Wildman–Crippen LogP) is 3.00. The van der Waals surface area contributed by atoms with Gasteiger partial charge in [-0.2, -0.15) is 0 Å². The SMILES string of the molecule is Cc1ccc(C(=O)CCC(=O)NC(C)c2ccc3[nH]c(=O)[nH]c3c2)cc1. The second-order valence-corrected chi connectivity index (χ2v) is 6.46. The van der Waals surface area contributed by atoms with Crippen molar-refractivity contribution in [1.29, 1.82) is 0 Å². The Bertz CT molecular complexity index is 999. The number of imidazole rings is 1. The number of rotatable bonds is 6. The van der Waals surface area contributed by atoms with E-state index in [9.17, 15) is 14.4 Å². The zero-order valence-corrected chi connectivity index (χ0v) is 14.8. The van der Waals surface area contributed by atoms with Crippen molar-refractivity contribution in [2.24, 2.45) is 0 Å². The fraction of sp³-hybridized carbons (Fsp3) is 0.250. The third kappa shape index (κ3) is 4.08. The summed E-state index contributed by atoms with van der Waals surface area (Å²) in [7, 11) is 0. The maximum absolute atomic E-state index is 12.2. The van der Waals surface area contributed by atoms with Crippen molar-refractivity contribution in [3.63, 3.8) is 0 Å². The molecular weight excluding hydrogens is 330 g/mol. The van der Waals surface area contributed by atoms with Crippen LogP contribution >= 0.6 is 0 Å². The molecule has 0 bridgehead atoms. The van der Waals surface area contributed by atoms with Crippen LogP contribution in [0.25, 0.3) is 11.0 Å². The molecule has 6 heteroatoms. The molecule has 26 heavy (non-hydrogen) atoms. The zero-order valence-electron chi connectivity index (χ0n) is 14.8. The van der Waals surface area contributed by atoms with Gasteiger partial charge in [-0.15, -0.1) is 0 Å². The average Bonchev–Trinajstić information content (AvgIpc) is 2.99. The fourth-order valence-electron chi connectivity index (χ4n) is 2.83. The number of amides is 1. The lowest BCUT2D eigenvalue weighted by atomic mass is 10.0. The average molecular weight is 351 g/mol. The number of carbonyl (C=O) groups is 2. The summed E-state index contributed by atoms with van der Waals surface area (Å²) in [5.41, 5.74) is 3.76. The van der Waals surface area contributed by atoms with Crippen molar-refractivity contribution >= 4 is 22.7 Å². The third-order valence-electron chi connectivity index (χ3n) is 4.37. The summed E-state index contributed by atoms with van der Waals surface area (Å²) in [6.45, 7) is 3.83. The first-order valence-electron chi connectivity index (χ1n) is 8.53. The van der Waals surface area contributed by atoms with Gasteiger partial charge in [0.25, 0.3) is 0 Å². The molecule has 6 nitrogen and oxygen atoms in total. The molecule has 0 aliphatic carbocycles. The van der Waals surface area contributed by atoms with Gasteiger partial charge in [-0.3, -0.25) is 9.59 Å². The van der Waals surface area contributed by atoms with Crippen molar-refractivity contribution in [3.05, 3.63) is 69.6 Å². The predicted molar refractivity (Wildman–Crippen MR) is 100 cm³/mol. The molecule has 3 rings (SSSR count). The number of H-pyrrole nitrogens is 2. The lowest BCUT2D eigenvalue weighted by Crippen LogP contribution is -2.26. The van der Waals surface area contributed by atoms with Crippen LogP contribution in [-0.4, -0.2) is 21.7 Å². The van der Waals surface area contributed by atoms with Gasteiger partial charge in [-0.05, 0) is 31.5 Å². The van der Waals surface area contributed by atoms with Gasteiger partial charge in [0.1, 0.15) is 0 Å². The smallest absolute Gasteiger partial charge is 0.323 e. The number of hydrogen-bond acceptors (Lipinski definition) is 3. The maximum Gasteiger partial charge on any atom is 0.323 e. The van der Waals surface area contributed by atoms with Crippen molar-refractivity contribution in [2.75, 3.05) is 0 Å². The van der Waals surface area contributed by atoms with Crippen LogP contribution in [0.3, 0.4) is 0 Å². The monoisotopic (exact) mass is 351 g/mol. The molecule has 0 saturated heterocycles. The quantitative estimate of drug-likeness (QED) is 0.596. The zero-order chi connectivity index (χ0) is 18.7. The Labute approximate surface area is 150 Å². The van der Waals surface area contributed by atoms with E-state index in [-0.39, 0.29) is 36.3 Å². The van der Waals surface area contributed by atoms with Gasteiger partial charge in [0.15, 0.2) is 5.78 Å². The molecule has 1 unspecified atom stereocenters. The molecule has 0 aliphatic heterocycles. The fourth-order valence-corrected chi connectivity index (χ4v) is 2.83. The number of fused-ring (bicyclic) bond motifs is 1. The highest BCUT2D eigenvalue weighted by Crippen LogP contribution is 2.17. The highest BCUT2D eigenvalue weighted by molar-refractivity contribution is 5.98. The number of aromatic nitrogens is 2. The molecule has 1 atom stereocenters. The third-order valence-corrected chi connectivity index (χ3v) is 4.37. The molecule has 1 aromatic heterocycles. The number of hydrogen-bond donors (Lipinski definition) is 3. The van der Waals surface area contributed by atoms with E-state index in [4.69, 9.17) is 0 Å². The molecule has 0 saturated carbocycles. The second-order valence-electron chi connectivity index (χ2n) is 6.46. The largest absolute Gasteiger partial charge is 0.350 e. The summed E-state index contributed by atoms with van der Waals surface area (Å²) in [4.78, 5) is 41.0. The van der Waals surface area contributed by atoms with Crippen LogP contribution in [0.15, 0.2) is 47.3 Å². The van der Waals surface area contributed by atoms with E-state index >= 15 is 0 Å². The van der Waals surface area contributed by atoms with Crippen LogP contribution in [0.4, 0.5) is 0 Å². The Balaban J connectivity index is 1.57. The summed E-state index contributed by atoms with van der Waals surface area (Å²) in [6, 6.07) is 12.6. The summed E-state index contributed by atoms with van der Waals surface area (Å²) < 4.78 is 0. The van der Waals surface area contributed by atoms with E-state index in [0.717, 1.165) is 16.6 Å². The minimum atomic E-state index is -0.261. The molecule has 0 spiro atoms. The molecule has 0 aliphatic rings. The molecule has 1 amide bonds. The van der Waals surface area contributed by atoms with Gasteiger partial charge in [-0.1, -0.05) is 35.9 Å². The van der Waals surface area contributed by atoms with Gasteiger partial charge < -0.3 is 15.3 Å². The van der Waals surface area contributed by atoms with E-state index < -0.39 is 0 Å². The summed E-state index contributed by atoms with van der Waals surface area (Å²) >= 11 is 0. The lowest BCUT2D eigenvalue weighted by molar-refractivity contribution is -0.121. The Hall–Kier alpha value is -3.15. The first-order chi connectivity index (χ1) is 12.4. The van der Waals surface area contributed by atoms with E-state index in [2.05, 4.69) is 15.3 Å². The summed E-state index contributed by atoms with van der Waals surface area (Å²) in [5.74, 6) is -0.222. The van der Waals surface area contributed by atoms with Crippen molar-refractivity contribution in [1.82, 2.24) is 15.3 Å². The van der Waals surface area contributed by atoms with Crippen molar-refractivity contribution in [2.45, 2.75) is 32.7 Å². The molecule has 0 radical (unpaired) electrons. The number of aromatic amines is 2. The van der Waals surface area contributed by atoms with Crippen LogP contribution in [0.2, 0.25) is 0 Å². The summed E-state index contributed by atoms with van der Waals surface area (Å²) in [6.07, 6.45) is 0.312. The second kappa shape index (κ2) is 7.39. The lowest BCUT2D eigenvalue weighted by Gasteiger charge is -2.14. The Morgan fingerprint density at radius 3 is 2.42 bits per heavy atom. The van der Waals surface area contributed by atoms with E-state index in [1.54, 1.807) is 18.2 Å². The highest BCUT2D eigenvalue weighted by Gasteiger charge is 2.13. The minimum Gasteiger partial charge on any atom is -0.350 e. The molecule has 0 fully saturated rings. The molecule has 3 aromatic rings. The molecular formula is C20H21N3O3. The summed E-state index contributed by atoms with van der Waals surface area (Å²) in [5, 5.41) is 2.89. The maximum atomic E-state index is 12.2. The van der Waals surface area contributed by atoms with Crippen LogP contribution < -0.4 is 11.0 Å². The molecule has 1 heterocycles. The number of benzene rings is 2. The topological polar surface area (TPSA) is 94.8 Å². The molecule has 134 valence electrons. The van der Waals surface area contributed by atoms with E-state index in [1.807, 2.05) is 38.1 Å². The first-order valence-corrected chi connectivity index (χ1v) is 8.53.